The number of hydrogen-bond donors (Lipinski definition) is 2. The van der Waals surface area contributed by atoms with Crippen LogP contribution in [0, 0.1) is 0 Å². The molecule has 4 rings (SSSR count). The molecule has 0 radical (unpaired) electrons. The molecule has 0 spiro atoms. The molecule has 2 aromatic rings. The van der Waals surface area contributed by atoms with Crippen molar-refractivity contribution in [2.75, 3.05) is 25.1 Å². The second-order valence-electron chi connectivity index (χ2n) is 6.69. The van der Waals surface area contributed by atoms with Crippen LogP contribution in [-0.4, -0.2) is 62.6 Å². The topological polar surface area (TPSA) is 118 Å². The van der Waals surface area contributed by atoms with Crippen molar-refractivity contribution < 1.29 is 19.4 Å². The first-order valence-electron chi connectivity index (χ1n) is 8.88. The molecule has 0 atom stereocenters. The van der Waals surface area contributed by atoms with E-state index in [1.807, 2.05) is 0 Å². The normalized spacial score (nSPS) is 16.9. The Morgan fingerprint density at radius 3 is 2.86 bits per heavy atom. The van der Waals surface area contributed by atoms with Crippen LogP contribution in [0.15, 0.2) is 18.5 Å². The Bertz CT molecular complexity index is 932. The van der Waals surface area contributed by atoms with Crippen LogP contribution in [0.5, 0.6) is 0 Å². The molecule has 4 heterocycles. The number of ether oxygens (including phenoxy) is 1. The van der Waals surface area contributed by atoms with Gasteiger partial charge in [0.05, 0.1) is 34.7 Å². The summed E-state index contributed by atoms with van der Waals surface area (Å²) in [5.74, 6) is -0.979. The summed E-state index contributed by atoms with van der Waals surface area (Å²) in [6, 6.07) is 1.88. The molecular formula is C18H18ClN5O4. The van der Waals surface area contributed by atoms with Crippen LogP contribution < -0.4 is 5.32 Å². The molecule has 0 saturated carbocycles. The summed E-state index contributed by atoms with van der Waals surface area (Å²) in [7, 11) is 0. The van der Waals surface area contributed by atoms with Crippen molar-refractivity contribution in [1.82, 2.24) is 19.9 Å². The van der Waals surface area contributed by atoms with E-state index in [-0.39, 0.29) is 25.0 Å². The van der Waals surface area contributed by atoms with Crippen LogP contribution >= 0.6 is 11.6 Å². The van der Waals surface area contributed by atoms with Crippen molar-refractivity contribution in [2.24, 2.45) is 0 Å². The second kappa shape index (κ2) is 7.69. The van der Waals surface area contributed by atoms with Gasteiger partial charge in [0.1, 0.15) is 6.54 Å². The fourth-order valence-electron chi connectivity index (χ4n) is 3.31. The lowest BCUT2D eigenvalue weighted by Crippen LogP contribution is -2.29. The van der Waals surface area contributed by atoms with E-state index in [0.717, 1.165) is 12.8 Å². The lowest BCUT2D eigenvalue weighted by Gasteiger charge is -2.23. The van der Waals surface area contributed by atoms with Gasteiger partial charge >= 0.3 is 5.97 Å². The third-order valence-corrected chi connectivity index (χ3v) is 5.00. The van der Waals surface area contributed by atoms with E-state index in [0.29, 0.717) is 46.7 Å². The van der Waals surface area contributed by atoms with E-state index in [2.05, 4.69) is 20.3 Å². The fraction of sp³-hybridized carbons (Fsp3) is 0.389. The minimum atomic E-state index is -1.07. The lowest BCUT2D eigenvalue weighted by molar-refractivity contribution is -0.137. The van der Waals surface area contributed by atoms with Gasteiger partial charge in [-0.15, -0.1) is 0 Å². The third-order valence-electron chi connectivity index (χ3n) is 4.73. The van der Waals surface area contributed by atoms with Gasteiger partial charge in [0, 0.05) is 31.0 Å². The van der Waals surface area contributed by atoms with Gasteiger partial charge in [-0.25, -0.2) is 9.97 Å². The van der Waals surface area contributed by atoms with Crippen molar-refractivity contribution in [3.63, 3.8) is 0 Å². The van der Waals surface area contributed by atoms with E-state index in [1.54, 1.807) is 12.3 Å². The number of carbonyl (C=O) groups excluding carboxylic acids is 1. The molecular weight excluding hydrogens is 386 g/mol. The van der Waals surface area contributed by atoms with Gasteiger partial charge in [-0.05, 0) is 18.9 Å². The number of aliphatic carboxylic acids is 1. The first-order chi connectivity index (χ1) is 13.5. The highest BCUT2D eigenvalue weighted by Gasteiger charge is 2.30. The molecule has 146 valence electrons. The van der Waals surface area contributed by atoms with Gasteiger partial charge < -0.3 is 20.1 Å². The molecule has 28 heavy (non-hydrogen) atoms. The Kier molecular flexibility index (Phi) is 5.10. The number of carboxylic acids is 1. The molecule has 0 bridgehead atoms. The summed E-state index contributed by atoms with van der Waals surface area (Å²) < 4.78 is 5.35. The van der Waals surface area contributed by atoms with Crippen LogP contribution in [0.3, 0.4) is 0 Å². The molecule has 10 heteroatoms. The van der Waals surface area contributed by atoms with Gasteiger partial charge in [-0.1, -0.05) is 11.6 Å². The Morgan fingerprint density at radius 2 is 2.11 bits per heavy atom. The van der Waals surface area contributed by atoms with Gasteiger partial charge in [0.15, 0.2) is 0 Å². The zero-order valence-corrected chi connectivity index (χ0v) is 15.6. The summed E-state index contributed by atoms with van der Waals surface area (Å²) in [5, 5.41) is 12.6. The Hall–Kier alpha value is -2.78. The maximum absolute atomic E-state index is 12.5. The summed E-state index contributed by atoms with van der Waals surface area (Å²) in [4.78, 5) is 37.7. The summed E-state index contributed by atoms with van der Waals surface area (Å²) in [6.45, 7) is 1.20. The maximum atomic E-state index is 12.5. The third kappa shape index (κ3) is 3.76. The predicted octanol–water partition coefficient (Wildman–Crippen LogP) is 1.82. The quantitative estimate of drug-likeness (QED) is 0.776. The number of hydrogen-bond acceptors (Lipinski definition) is 7. The van der Waals surface area contributed by atoms with Crippen LogP contribution in [0.4, 0.5) is 5.95 Å². The minimum Gasteiger partial charge on any atom is -0.480 e. The number of fused-ring (bicyclic) bond motifs is 1. The highest BCUT2D eigenvalue weighted by molar-refractivity contribution is 6.32. The Balaban J connectivity index is 1.60. The van der Waals surface area contributed by atoms with Crippen molar-refractivity contribution in [3.05, 3.63) is 34.7 Å². The van der Waals surface area contributed by atoms with Crippen molar-refractivity contribution in [3.8, 4) is 11.3 Å². The zero-order valence-electron chi connectivity index (χ0n) is 14.9. The number of carboxylic acid groups (broad SMARTS) is 1. The Labute approximate surface area is 165 Å². The van der Waals surface area contributed by atoms with Crippen molar-refractivity contribution >= 4 is 29.4 Å². The zero-order chi connectivity index (χ0) is 19.7. The van der Waals surface area contributed by atoms with Crippen molar-refractivity contribution in [1.29, 1.82) is 0 Å². The van der Waals surface area contributed by atoms with E-state index in [9.17, 15) is 9.59 Å². The van der Waals surface area contributed by atoms with Gasteiger partial charge in [-0.3, -0.25) is 14.6 Å². The van der Waals surface area contributed by atoms with Gasteiger partial charge in [0.2, 0.25) is 5.95 Å². The molecule has 2 aromatic heterocycles. The molecule has 2 aliphatic heterocycles. The van der Waals surface area contributed by atoms with E-state index in [4.69, 9.17) is 21.4 Å². The summed E-state index contributed by atoms with van der Waals surface area (Å²) >= 11 is 6.28. The molecule has 1 fully saturated rings. The lowest BCUT2D eigenvalue weighted by atomic mass is 10.1. The van der Waals surface area contributed by atoms with Crippen LogP contribution in [0.2, 0.25) is 5.02 Å². The monoisotopic (exact) mass is 403 g/mol. The molecule has 0 unspecified atom stereocenters. The van der Waals surface area contributed by atoms with Crippen LogP contribution in [0.25, 0.3) is 11.3 Å². The predicted molar refractivity (Wildman–Crippen MR) is 100 cm³/mol. The number of amides is 1. The summed E-state index contributed by atoms with van der Waals surface area (Å²) in [6.07, 6.45) is 4.84. The molecule has 9 nitrogen and oxygen atoms in total. The molecule has 1 amide bonds. The highest BCUT2D eigenvalue weighted by Crippen LogP contribution is 2.30. The first-order valence-corrected chi connectivity index (χ1v) is 9.26. The number of carbonyl (C=O) groups is 2. The molecule has 1 saturated heterocycles. The summed E-state index contributed by atoms with van der Waals surface area (Å²) in [5.41, 5.74) is 1.95. The smallest absolute Gasteiger partial charge is 0.323 e. The van der Waals surface area contributed by atoms with E-state index in [1.165, 1.54) is 11.1 Å². The molecule has 2 aliphatic rings. The SMILES string of the molecule is O=C(O)CN1Cc2ncc(-c3nc(NC4CCOCC4)ncc3Cl)cc2C1=O. The van der Waals surface area contributed by atoms with E-state index >= 15 is 0 Å². The first kappa shape index (κ1) is 18.6. The highest BCUT2D eigenvalue weighted by atomic mass is 35.5. The number of nitrogens with one attached hydrogen (secondary N) is 1. The second-order valence-corrected chi connectivity index (χ2v) is 7.10. The number of nitrogens with zero attached hydrogens (tertiary/aromatic N) is 4. The van der Waals surface area contributed by atoms with Gasteiger partial charge in [-0.2, -0.15) is 0 Å². The van der Waals surface area contributed by atoms with Crippen LogP contribution in [-0.2, 0) is 16.1 Å². The molecule has 0 aromatic carbocycles. The fourth-order valence-corrected chi connectivity index (χ4v) is 3.51. The average molecular weight is 404 g/mol. The van der Waals surface area contributed by atoms with Crippen LogP contribution in [0.1, 0.15) is 28.9 Å². The maximum Gasteiger partial charge on any atom is 0.323 e. The number of halogens is 1. The molecule has 2 N–H and O–H groups in total. The molecule has 0 aliphatic carbocycles. The van der Waals surface area contributed by atoms with Gasteiger partial charge in [0.25, 0.3) is 5.91 Å². The largest absolute Gasteiger partial charge is 0.480 e. The van der Waals surface area contributed by atoms with Crippen molar-refractivity contribution in [2.45, 2.75) is 25.4 Å². The standard InChI is InChI=1S/C18H18ClN5O4/c19-13-7-21-18(22-11-1-3-28-4-2-11)23-16(13)10-5-12-14(20-6-10)8-24(17(12)27)9-15(25)26/h5-7,11H,1-4,8-9H2,(H,25,26)(H,21,22,23). The number of aromatic nitrogens is 3. The number of pyridine rings is 1. The minimum absolute atomic E-state index is 0.175. The number of rotatable bonds is 5. The number of anilines is 1. The van der Waals surface area contributed by atoms with E-state index < -0.39 is 5.97 Å². The Morgan fingerprint density at radius 1 is 1.32 bits per heavy atom. The average Bonchev–Trinajstić information content (AvgIpc) is 2.99.